The van der Waals surface area contributed by atoms with Crippen molar-refractivity contribution < 1.29 is 9.53 Å². The first-order valence-corrected chi connectivity index (χ1v) is 12.2. The van der Waals surface area contributed by atoms with Gasteiger partial charge in [0.25, 0.3) is 5.56 Å². The number of benzene rings is 2. The summed E-state index contributed by atoms with van der Waals surface area (Å²) in [5.41, 5.74) is 1.67. The summed E-state index contributed by atoms with van der Waals surface area (Å²) in [5, 5.41) is 9.88. The van der Waals surface area contributed by atoms with Gasteiger partial charge in [-0.2, -0.15) is 0 Å². The van der Waals surface area contributed by atoms with Gasteiger partial charge >= 0.3 is 0 Å². The first-order valence-electron chi connectivity index (χ1n) is 11.3. The van der Waals surface area contributed by atoms with Crippen molar-refractivity contribution in [2.24, 2.45) is 5.92 Å². The largest absolute Gasteiger partial charge is 0.497 e. The van der Waals surface area contributed by atoms with E-state index in [2.05, 4.69) is 24.0 Å². The number of fused-ring (bicyclic) bond motifs is 3. The van der Waals surface area contributed by atoms with Crippen molar-refractivity contribution in [1.29, 1.82) is 0 Å². The van der Waals surface area contributed by atoms with Crippen LogP contribution in [0, 0.1) is 5.92 Å². The van der Waals surface area contributed by atoms with Gasteiger partial charge in [0, 0.05) is 20.1 Å². The summed E-state index contributed by atoms with van der Waals surface area (Å²) in [6.07, 6.45) is 0.858. The third-order valence-electron chi connectivity index (χ3n) is 5.71. The topological polar surface area (TPSA) is 81.7 Å². The van der Waals surface area contributed by atoms with Gasteiger partial charge in [0.2, 0.25) is 11.7 Å². The first kappa shape index (κ1) is 23.8. The Labute approximate surface area is 202 Å². The third-order valence-corrected chi connectivity index (χ3v) is 6.63. The molecule has 0 fully saturated rings. The number of hydrogen-bond donors (Lipinski definition) is 0. The van der Waals surface area contributed by atoms with Gasteiger partial charge in [-0.15, -0.1) is 10.2 Å². The van der Waals surface area contributed by atoms with E-state index in [1.54, 1.807) is 23.6 Å². The van der Waals surface area contributed by atoms with Gasteiger partial charge in [-0.05, 0) is 42.2 Å². The fourth-order valence-electron chi connectivity index (χ4n) is 3.79. The van der Waals surface area contributed by atoms with Gasteiger partial charge in [0.05, 0.1) is 23.8 Å². The summed E-state index contributed by atoms with van der Waals surface area (Å²) in [6.45, 7) is 5.30. The predicted molar refractivity (Wildman–Crippen MR) is 134 cm³/mol. The van der Waals surface area contributed by atoms with Gasteiger partial charge in [-0.25, -0.2) is 0 Å². The van der Waals surface area contributed by atoms with E-state index in [4.69, 9.17) is 4.74 Å². The molecule has 0 radical (unpaired) electrons. The van der Waals surface area contributed by atoms with Gasteiger partial charge in [0.15, 0.2) is 5.16 Å². The van der Waals surface area contributed by atoms with Crippen molar-refractivity contribution in [3.63, 3.8) is 0 Å². The van der Waals surface area contributed by atoms with Crippen LogP contribution in [0.2, 0.25) is 0 Å². The Morgan fingerprint density at radius 2 is 1.94 bits per heavy atom. The highest BCUT2D eigenvalue weighted by atomic mass is 32.2. The first-order chi connectivity index (χ1) is 16.4. The molecule has 1 amide bonds. The molecule has 2 heterocycles. The Bertz CT molecular complexity index is 1380. The second-order valence-electron chi connectivity index (χ2n) is 8.66. The second kappa shape index (κ2) is 10.3. The molecule has 0 N–H and O–H groups in total. The van der Waals surface area contributed by atoms with E-state index in [9.17, 15) is 9.59 Å². The second-order valence-corrected chi connectivity index (χ2v) is 9.61. The van der Waals surface area contributed by atoms with Crippen LogP contribution in [0.1, 0.15) is 25.8 Å². The maximum Gasteiger partial charge on any atom is 0.262 e. The number of nitrogens with zero attached hydrogens (tertiary/aromatic N) is 5. The molecule has 2 aromatic heterocycles. The van der Waals surface area contributed by atoms with E-state index in [0.29, 0.717) is 35.3 Å². The van der Waals surface area contributed by atoms with Crippen LogP contribution in [0.15, 0.2) is 58.5 Å². The Kier molecular flexibility index (Phi) is 7.21. The number of para-hydroxylation sites is 1. The van der Waals surface area contributed by atoms with Crippen molar-refractivity contribution >= 4 is 34.3 Å². The summed E-state index contributed by atoms with van der Waals surface area (Å²) < 4.78 is 8.84. The van der Waals surface area contributed by atoms with Crippen molar-refractivity contribution in [2.45, 2.75) is 38.5 Å². The van der Waals surface area contributed by atoms with Gasteiger partial charge in [-0.3, -0.25) is 18.6 Å². The lowest BCUT2D eigenvalue weighted by Crippen LogP contribution is -2.28. The van der Waals surface area contributed by atoms with E-state index in [-0.39, 0.29) is 17.2 Å². The lowest BCUT2D eigenvalue weighted by atomic mass is 10.1. The van der Waals surface area contributed by atoms with E-state index in [1.807, 2.05) is 52.9 Å². The van der Waals surface area contributed by atoms with Gasteiger partial charge in [0.1, 0.15) is 5.75 Å². The Balaban J connectivity index is 1.58. The molecule has 0 unspecified atom stereocenters. The quantitative estimate of drug-likeness (QED) is 0.339. The number of rotatable bonds is 9. The molecule has 34 heavy (non-hydrogen) atoms. The molecule has 0 aliphatic heterocycles. The molecule has 0 atom stereocenters. The zero-order valence-corrected chi connectivity index (χ0v) is 20.7. The molecule has 8 nitrogen and oxygen atoms in total. The van der Waals surface area contributed by atoms with Crippen LogP contribution in [0.3, 0.4) is 0 Å². The number of aryl methyl sites for hydroxylation is 1. The molecule has 2 aromatic carbocycles. The highest BCUT2D eigenvalue weighted by Gasteiger charge is 2.19. The molecular weight excluding hydrogens is 450 g/mol. The number of carbonyl (C=O) groups is 1. The molecular formula is C25H29N5O3S. The standard InChI is InChI=1S/C25H29N5O3S/c1-17(2)12-13-29-23(32)20-10-5-6-11-21(20)30-24(29)26-27-25(30)34-16-22(31)28(3)15-18-8-7-9-19(14-18)33-4/h5-11,14,17H,12-13,15-16H2,1-4H3. The van der Waals surface area contributed by atoms with E-state index in [0.717, 1.165) is 23.3 Å². The summed E-state index contributed by atoms with van der Waals surface area (Å²) in [4.78, 5) is 27.7. The van der Waals surface area contributed by atoms with Crippen LogP contribution in [0.5, 0.6) is 5.75 Å². The van der Waals surface area contributed by atoms with Crippen LogP contribution >= 0.6 is 11.8 Å². The zero-order chi connectivity index (χ0) is 24.2. The summed E-state index contributed by atoms with van der Waals surface area (Å²) in [6, 6.07) is 15.1. The number of amides is 1. The molecule has 0 spiro atoms. The monoisotopic (exact) mass is 479 g/mol. The highest BCUT2D eigenvalue weighted by Crippen LogP contribution is 2.23. The SMILES string of the molecule is COc1cccc(CN(C)C(=O)CSc2nnc3n(CCC(C)C)c(=O)c4ccccc4n23)c1. The number of ether oxygens (including phenoxy) is 1. The molecule has 178 valence electrons. The van der Waals surface area contributed by atoms with Crippen LogP contribution in [-0.2, 0) is 17.9 Å². The summed E-state index contributed by atoms with van der Waals surface area (Å²) in [7, 11) is 3.41. The lowest BCUT2D eigenvalue weighted by molar-refractivity contribution is -0.127. The summed E-state index contributed by atoms with van der Waals surface area (Å²) >= 11 is 1.32. The minimum absolute atomic E-state index is 0.0259. The average molecular weight is 480 g/mol. The third kappa shape index (κ3) is 4.94. The highest BCUT2D eigenvalue weighted by molar-refractivity contribution is 7.99. The van der Waals surface area contributed by atoms with Crippen LogP contribution in [-0.4, -0.2) is 49.9 Å². The number of hydrogen-bond acceptors (Lipinski definition) is 6. The minimum Gasteiger partial charge on any atom is -0.497 e. The Hall–Kier alpha value is -3.33. The number of carbonyl (C=O) groups excluding carboxylic acids is 1. The number of thioether (sulfide) groups is 1. The van der Waals surface area contributed by atoms with Crippen LogP contribution in [0.4, 0.5) is 0 Å². The van der Waals surface area contributed by atoms with Crippen LogP contribution < -0.4 is 10.3 Å². The molecule has 0 aliphatic rings. The maximum absolute atomic E-state index is 13.1. The van der Waals surface area contributed by atoms with E-state index < -0.39 is 0 Å². The minimum atomic E-state index is -0.0678. The normalized spacial score (nSPS) is 11.4. The van der Waals surface area contributed by atoms with E-state index >= 15 is 0 Å². The molecule has 0 aliphatic carbocycles. The molecule has 0 saturated carbocycles. The number of aromatic nitrogens is 4. The Morgan fingerprint density at radius 3 is 2.71 bits per heavy atom. The average Bonchev–Trinajstić information content (AvgIpc) is 3.26. The molecule has 0 bridgehead atoms. The van der Waals surface area contributed by atoms with Gasteiger partial charge in [-0.1, -0.05) is 49.9 Å². The zero-order valence-electron chi connectivity index (χ0n) is 19.9. The van der Waals surface area contributed by atoms with Gasteiger partial charge < -0.3 is 9.64 Å². The smallest absolute Gasteiger partial charge is 0.262 e. The molecule has 0 saturated heterocycles. The van der Waals surface area contributed by atoms with Crippen molar-refractivity contribution in [2.75, 3.05) is 19.9 Å². The molecule has 4 rings (SSSR count). The maximum atomic E-state index is 13.1. The van der Waals surface area contributed by atoms with Crippen molar-refractivity contribution in [3.8, 4) is 5.75 Å². The van der Waals surface area contributed by atoms with Crippen LogP contribution in [0.25, 0.3) is 16.7 Å². The molecule has 4 aromatic rings. The van der Waals surface area contributed by atoms with Crippen molar-refractivity contribution in [1.82, 2.24) is 24.1 Å². The fourth-order valence-corrected chi connectivity index (χ4v) is 4.67. The van der Waals surface area contributed by atoms with E-state index in [1.165, 1.54) is 11.8 Å². The number of methoxy groups -OCH3 is 1. The Morgan fingerprint density at radius 1 is 1.15 bits per heavy atom. The predicted octanol–water partition coefficient (Wildman–Crippen LogP) is 3.85. The molecule has 9 heteroatoms. The van der Waals surface area contributed by atoms with Crippen molar-refractivity contribution in [3.05, 3.63) is 64.4 Å². The summed E-state index contributed by atoms with van der Waals surface area (Å²) in [5.74, 6) is 1.90. The lowest BCUT2D eigenvalue weighted by Gasteiger charge is -2.17. The fraction of sp³-hybridized carbons (Fsp3) is 0.360.